The lowest BCUT2D eigenvalue weighted by molar-refractivity contribution is -0.118. The summed E-state index contributed by atoms with van der Waals surface area (Å²) in [7, 11) is 0. The van der Waals surface area contributed by atoms with Gasteiger partial charge in [0, 0.05) is 0 Å². The van der Waals surface area contributed by atoms with E-state index in [-0.39, 0.29) is 12.5 Å². The highest BCUT2D eigenvalue weighted by Gasteiger charge is 1.94. The fraction of sp³-hybridized carbons (Fsp3) is 0.600. The minimum Gasteiger partial charge on any atom is -0.342 e. The number of rotatable bonds is 3. The number of amides is 1. The molecular weight excluding hydrogens is 136 g/mol. The topological polar surface area (TPSA) is 52.9 Å². The van der Waals surface area contributed by atoms with E-state index in [9.17, 15) is 4.79 Å². The van der Waals surface area contributed by atoms with Crippen LogP contribution >= 0.6 is 11.8 Å². The number of nitrogens with zero attached hydrogens (tertiary/aromatic N) is 1. The molecule has 0 aliphatic carbocycles. The quantitative estimate of drug-likeness (QED) is 0.567. The van der Waals surface area contributed by atoms with Gasteiger partial charge in [-0.05, 0) is 6.26 Å². The monoisotopic (exact) mass is 144 g/mol. The molecule has 0 rings (SSSR count). The predicted molar refractivity (Wildman–Crippen MR) is 37.0 cm³/mol. The maximum Gasteiger partial charge on any atom is 0.230 e. The summed E-state index contributed by atoms with van der Waals surface area (Å²) >= 11 is 1.44. The van der Waals surface area contributed by atoms with Gasteiger partial charge in [0.15, 0.2) is 0 Å². The second-order valence-corrected chi connectivity index (χ2v) is 2.23. The molecule has 0 aliphatic rings. The second-order valence-electron chi connectivity index (χ2n) is 1.37. The third-order valence-electron chi connectivity index (χ3n) is 0.640. The normalized spacial score (nSPS) is 8.00. The Morgan fingerprint density at radius 1 is 1.89 bits per heavy atom. The van der Waals surface area contributed by atoms with Crippen LogP contribution in [0.25, 0.3) is 0 Å². The van der Waals surface area contributed by atoms with Crippen LogP contribution in [0.5, 0.6) is 0 Å². The van der Waals surface area contributed by atoms with E-state index in [0.29, 0.717) is 5.75 Å². The van der Waals surface area contributed by atoms with E-state index in [2.05, 4.69) is 5.32 Å². The number of hydrogen-bond donors (Lipinski definition) is 1. The van der Waals surface area contributed by atoms with Gasteiger partial charge in [0.2, 0.25) is 5.91 Å². The Kier molecular flexibility index (Phi) is 5.03. The van der Waals surface area contributed by atoms with Gasteiger partial charge < -0.3 is 5.32 Å². The third-order valence-corrected chi connectivity index (χ3v) is 1.19. The van der Waals surface area contributed by atoms with E-state index < -0.39 is 0 Å². The van der Waals surface area contributed by atoms with Crippen LogP contribution in [-0.4, -0.2) is 24.5 Å². The molecule has 1 amide bonds. The van der Waals surface area contributed by atoms with Crippen molar-refractivity contribution in [3.63, 3.8) is 0 Å². The lowest BCUT2D eigenvalue weighted by Gasteiger charge is -1.94. The molecule has 4 heteroatoms. The smallest absolute Gasteiger partial charge is 0.230 e. The average molecular weight is 144 g/mol. The minimum absolute atomic E-state index is 0.0796. The van der Waals surface area contributed by atoms with E-state index in [1.807, 2.05) is 12.3 Å². The highest BCUT2D eigenvalue weighted by Crippen LogP contribution is 1.87. The van der Waals surface area contributed by atoms with Crippen LogP contribution in [0.2, 0.25) is 0 Å². The molecule has 50 valence electrons. The van der Waals surface area contributed by atoms with Gasteiger partial charge >= 0.3 is 0 Å². The van der Waals surface area contributed by atoms with Gasteiger partial charge in [-0.2, -0.15) is 17.0 Å². The molecule has 0 aliphatic heterocycles. The van der Waals surface area contributed by atoms with Gasteiger partial charge in [-0.25, -0.2) is 0 Å². The van der Waals surface area contributed by atoms with E-state index in [4.69, 9.17) is 5.26 Å². The number of carbonyl (C=O) groups is 1. The molecule has 0 spiro atoms. The summed E-state index contributed by atoms with van der Waals surface area (Å²) in [5, 5.41) is 10.4. The molecule has 0 atom stereocenters. The summed E-state index contributed by atoms with van der Waals surface area (Å²) in [5.74, 6) is 0.353. The van der Waals surface area contributed by atoms with E-state index in [1.54, 1.807) is 0 Å². The van der Waals surface area contributed by atoms with Crippen LogP contribution in [0.15, 0.2) is 0 Å². The Bertz CT molecular complexity index is 129. The van der Waals surface area contributed by atoms with Crippen LogP contribution in [0.4, 0.5) is 0 Å². The van der Waals surface area contributed by atoms with Crippen LogP contribution in [0.3, 0.4) is 0 Å². The average Bonchev–Trinajstić information content (AvgIpc) is 1.85. The van der Waals surface area contributed by atoms with Crippen molar-refractivity contribution in [1.29, 1.82) is 5.26 Å². The first-order valence-electron chi connectivity index (χ1n) is 2.44. The lowest BCUT2D eigenvalue weighted by atomic mass is 10.6. The molecule has 9 heavy (non-hydrogen) atoms. The van der Waals surface area contributed by atoms with Crippen molar-refractivity contribution in [2.24, 2.45) is 0 Å². The molecule has 0 aromatic heterocycles. The number of thioether (sulfide) groups is 1. The zero-order chi connectivity index (χ0) is 7.11. The van der Waals surface area contributed by atoms with Crippen molar-refractivity contribution in [2.45, 2.75) is 0 Å². The molecule has 0 aromatic rings. The Morgan fingerprint density at radius 3 is 3.00 bits per heavy atom. The van der Waals surface area contributed by atoms with Gasteiger partial charge in [-0.1, -0.05) is 0 Å². The Hall–Kier alpha value is -0.690. The summed E-state index contributed by atoms with van der Waals surface area (Å²) in [6.45, 7) is 0.111. The number of nitriles is 1. The third kappa shape index (κ3) is 5.18. The van der Waals surface area contributed by atoms with Crippen molar-refractivity contribution in [3.05, 3.63) is 0 Å². The molecular formula is C5H8N2OS. The van der Waals surface area contributed by atoms with Gasteiger partial charge in [0.1, 0.15) is 6.54 Å². The first-order valence-corrected chi connectivity index (χ1v) is 3.83. The summed E-state index contributed by atoms with van der Waals surface area (Å²) < 4.78 is 0. The first-order chi connectivity index (χ1) is 4.31. The number of hydrogen-bond acceptors (Lipinski definition) is 3. The SMILES string of the molecule is CSCC(=O)NCC#N. The summed E-state index contributed by atoms with van der Waals surface area (Å²) in [6.07, 6.45) is 1.84. The highest BCUT2D eigenvalue weighted by molar-refractivity contribution is 7.99. The van der Waals surface area contributed by atoms with Crippen LogP contribution in [0, 0.1) is 11.3 Å². The summed E-state index contributed by atoms with van der Waals surface area (Å²) in [5.41, 5.74) is 0. The molecule has 0 fully saturated rings. The molecule has 0 aromatic carbocycles. The van der Waals surface area contributed by atoms with Crippen LogP contribution in [0.1, 0.15) is 0 Å². The Labute approximate surface area is 58.4 Å². The van der Waals surface area contributed by atoms with Crippen LogP contribution in [-0.2, 0) is 4.79 Å². The van der Waals surface area contributed by atoms with E-state index >= 15 is 0 Å². The Balaban J connectivity index is 3.19. The van der Waals surface area contributed by atoms with Crippen molar-refractivity contribution >= 4 is 17.7 Å². The fourth-order valence-corrected chi connectivity index (χ4v) is 0.684. The van der Waals surface area contributed by atoms with Crippen molar-refractivity contribution in [2.75, 3.05) is 18.6 Å². The lowest BCUT2D eigenvalue weighted by Crippen LogP contribution is -2.24. The molecule has 0 bridgehead atoms. The predicted octanol–water partition coefficient (Wildman–Crippen LogP) is -0.0108. The van der Waals surface area contributed by atoms with Gasteiger partial charge in [0.05, 0.1) is 11.8 Å². The molecule has 0 saturated heterocycles. The van der Waals surface area contributed by atoms with Crippen molar-refractivity contribution in [3.8, 4) is 6.07 Å². The summed E-state index contributed by atoms with van der Waals surface area (Å²) in [6, 6.07) is 1.82. The summed E-state index contributed by atoms with van der Waals surface area (Å²) in [4.78, 5) is 10.5. The molecule has 0 heterocycles. The first kappa shape index (κ1) is 8.31. The molecule has 0 saturated carbocycles. The molecule has 3 nitrogen and oxygen atoms in total. The van der Waals surface area contributed by atoms with Gasteiger partial charge in [-0.3, -0.25) is 4.79 Å². The van der Waals surface area contributed by atoms with Gasteiger partial charge in [0.25, 0.3) is 0 Å². The molecule has 0 radical (unpaired) electrons. The standard InChI is InChI=1S/C5H8N2OS/c1-9-4-5(8)7-3-2-6/h3-4H2,1H3,(H,7,8). The van der Waals surface area contributed by atoms with E-state index in [0.717, 1.165) is 0 Å². The maximum absolute atomic E-state index is 10.5. The van der Waals surface area contributed by atoms with Crippen LogP contribution < -0.4 is 5.32 Å². The highest BCUT2D eigenvalue weighted by atomic mass is 32.2. The second kappa shape index (κ2) is 5.45. The van der Waals surface area contributed by atoms with E-state index in [1.165, 1.54) is 11.8 Å². The molecule has 0 unspecified atom stereocenters. The molecule has 1 N–H and O–H groups in total. The van der Waals surface area contributed by atoms with Gasteiger partial charge in [-0.15, -0.1) is 0 Å². The largest absolute Gasteiger partial charge is 0.342 e. The number of nitrogens with one attached hydrogen (secondary N) is 1. The minimum atomic E-state index is -0.0796. The maximum atomic E-state index is 10.5. The zero-order valence-electron chi connectivity index (χ0n) is 5.18. The van der Waals surface area contributed by atoms with Crippen molar-refractivity contribution in [1.82, 2.24) is 5.32 Å². The number of carbonyl (C=O) groups excluding carboxylic acids is 1. The fourth-order valence-electron chi connectivity index (χ4n) is 0.320. The Morgan fingerprint density at radius 2 is 2.56 bits per heavy atom. The van der Waals surface area contributed by atoms with Crippen molar-refractivity contribution < 1.29 is 4.79 Å². The zero-order valence-corrected chi connectivity index (χ0v) is 5.99.